The molecule has 154 valence electrons. The number of halogens is 1. The maximum atomic E-state index is 5.71. The third kappa shape index (κ3) is 6.55. The van der Waals surface area contributed by atoms with Crippen molar-refractivity contribution in [3.05, 3.63) is 47.3 Å². The summed E-state index contributed by atoms with van der Waals surface area (Å²) in [7, 11) is 0. The second-order valence-electron chi connectivity index (χ2n) is 6.59. The topological polar surface area (TPSA) is 48.9 Å². The van der Waals surface area contributed by atoms with Crippen LogP contribution in [0.2, 0.25) is 0 Å². The molecule has 1 aromatic heterocycles. The van der Waals surface area contributed by atoms with E-state index in [2.05, 4.69) is 46.0 Å². The number of anilines is 1. The zero-order chi connectivity index (χ0) is 18.9. The first-order chi connectivity index (χ1) is 13.3. The van der Waals surface area contributed by atoms with Gasteiger partial charge in [-0.1, -0.05) is 18.2 Å². The van der Waals surface area contributed by atoms with Gasteiger partial charge in [-0.25, -0.2) is 4.99 Å². The number of hydrogen-bond acceptors (Lipinski definition) is 4. The van der Waals surface area contributed by atoms with Crippen LogP contribution in [-0.4, -0.2) is 38.2 Å². The third-order valence-corrected chi connectivity index (χ3v) is 5.61. The van der Waals surface area contributed by atoms with Crippen molar-refractivity contribution in [2.45, 2.75) is 39.3 Å². The minimum absolute atomic E-state index is 0. The highest BCUT2D eigenvalue weighted by Crippen LogP contribution is 2.25. The molecule has 0 atom stereocenters. The van der Waals surface area contributed by atoms with Crippen molar-refractivity contribution in [3.8, 4) is 5.75 Å². The first kappa shape index (κ1) is 22.8. The van der Waals surface area contributed by atoms with E-state index >= 15 is 0 Å². The lowest BCUT2D eigenvalue weighted by molar-refractivity contribution is 0.336. The molecule has 28 heavy (non-hydrogen) atoms. The largest absolute Gasteiger partial charge is 0.494 e. The molecule has 1 fully saturated rings. The monoisotopic (exact) mass is 514 g/mol. The van der Waals surface area contributed by atoms with Crippen molar-refractivity contribution in [2.75, 3.05) is 31.1 Å². The summed E-state index contributed by atoms with van der Waals surface area (Å²) in [5.41, 5.74) is 1.11. The van der Waals surface area contributed by atoms with Crippen LogP contribution in [0.5, 0.6) is 5.75 Å². The molecule has 1 aliphatic rings. The van der Waals surface area contributed by atoms with Crippen molar-refractivity contribution in [1.29, 1.82) is 0 Å². The van der Waals surface area contributed by atoms with E-state index in [4.69, 9.17) is 9.73 Å². The van der Waals surface area contributed by atoms with E-state index in [1.165, 1.54) is 5.00 Å². The average Bonchev–Trinajstić information content (AvgIpc) is 3.23. The van der Waals surface area contributed by atoms with Crippen LogP contribution in [0.15, 0.2) is 46.8 Å². The first-order valence-corrected chi connectivity index (χ1v) is 10.7. The van der Waals surface area contributed by atoms with Crippen LogP contribution in [0.25, 0.3) is 0 Å². The number of guanidine groups is 1. The molecule has 2 N–H and O–H groups in total. The zero-order valence-electron chi connectivity index (χ0n) is 16.7. The van der Waals surface area contributed by atoms with Gasteiger partial charge in [0.25, 0.3) is 0 Å². The van der Waals surface area contributed by atoms with Gasteiger partial charge in [0.2, 0.25) is 0 Å². The van der Waals surface area contributed by atoms with Crippen LogP contribution in [-0.2, 0) is 6.54 Å². The Morgan fingerprint density at radius 1 is 1.18 bits per heavy atom. The molecule has 1 aromatic carbocycles. The number of rotatable bonds is 7. The zero-order valence-corrected chi connectivity index (χ0v) is 19.8. The van der Waals surface area contributed by atoms with E-state index < -0.39 is 0 Å². The molecule has 0 aliphatic carbocycles. The lowest BCUT2D eigenvalue weighted by atomic mass is 10.1. The summed E-state index contributed by atoms with van der Waals surface area (Å²) in [6, 6.07) is 12.9. The van der Waals surface area contributed by atoms with Crippen LogP contribution in [0.3, 0.4) is 0 Å². The van der Waals surface area contributed by atoms with Gasteiger partial charge < -0.3 is 20.3 Å². The second-order valence-corrected chi connectivity index (χ2v) is 7.52. The molecular formula is C21H31IN4OS. The predicted octanol–water partition coefficient (Wildman–Crippen LogP) is 4.49. The van der Waals surface area contributed by atoms with Gasteiger partial charge in [0.1, 0.15) is 5.75 Å². The highest BCUT2D eigenvalue weighted by Gasteiger charge is 2.20. The Bertz CT molecular complexity index is 715. The van der Waals surface area contributed by atoms with E-state index in [0.717, 1.165) is 49.7 Å². The number of thiophene rings is 1. The van der Waals surface area contributed by atoms with E-state index in [-0.39, 0.29) is 24.0 Å². The van der Waals surface area contributed by atoms with Crippen molar-refractivity contribution < 1.29 is 4.74 Å². The summed E-state index contributed by atoms with van der Waals surface area (Å²) in [6.45, 7) is 8.42. The van der Waals surface area contributed by atoms with Gasteiger partial charge >= 0.3 is 0 Å². The molecule has 1 aliphatic heterocycles. The normalized spacial score (nSPS) is 15.1. The number of para-hydroxylation sites is 1. The van der Waals surface area contributed by atoms with E-state index in [9.17, 15) is 0 Å². The summed E-state index contributed by atoms with van der Waals surface area (Å²) >= 11 is 1.82. The number of piperidine rings is 1. The summed E-state index contributed by atoms with van der Waals surface area (Å²) in [5, 5.41) is 10.5. The van der Waals surface area contributed by atoms with Gasteiger partial charge in [-0.3, -0.25) is 0 Å². The summed E-state index contributed by atoms with van der Waals surface area (Å²) in [5.74, 6) is 1.81. The highest BCUT2D eigenvalue weighted by atomic mass is 127. The first-order valence-electron chi connectivity index (χ1n) is 9.84. The van der Waals surface area contributed by atoms with E-state index in [0.29, 0.717) is 19.2 Å². The van der Waals surface area contributed by atoms with Gasteiger partial charge in [-0.05, 0) is 50.3 Å². The van der Waals surface area contributed by atoms with Crippen LogP contribution >= 0.6 is 35.3 Å². The van der Waals surface area contributed by atoms with Crippen LogP contribution in [0.4, 0.5) is 5.00 Å². The standard InChI is InChI=1S/C21H30N4OS.HI/c1-3-22-21(23-16-17-8-5-6-9-19(17)26-4-2)24-18-11-13-25(14-12-18)20-10-7-15-27-20;/h5-10,15,18H,3-4,11-14,16H2,1-2H3,(H2,22,23,24);1H. The Morgan fingerprint density at radius 3 is 2.64 bits per heavy atom. The van der Waals surface area contributed by atoms with Crippen LogP contribution < -0.4 is 20.3 Å². The number of benzene rings is 1. The fourth-order valence-corrected chi connectivity index (χ4v) is 4.09. The Labute approximate surface area is 189 Å². The predicted molar refractivity (Wildman–Crippen MR) is 131 cm³/mol. The SMILES string of the molecule is CCNC(=NCc1ccccc1OCC)NC1CCN(c2cccs2)CC1.I. The van der Waals surface area contributed by atoms with Crippen molar-refractivity contribution in [2.24, 2.45) is 4.99 Å². The number of hydrogen-bond donors (Lipinski definition) is 2. The van der Waals surface area contributed by atoms with E-state index in [1.807, 2.05) is 36.5 Å². The van der Waals surface area contributed by atoms with Crippen LogP contribution in [0.1, 0.15) is 32.3 Å². The number of ether oxygens (including phenoxy) is 1. The minimum atomic E-state index is 0. The van der Waals surface area contributed by atoms with Gasteiger partial charge in [-0.15, -0.1) is 35.3 Å². The molecule has 0 spiro atoms. The van der Waals surface area contributed by atoms with Gasteiger partial charge in [0.15, 0.2) is 5.96 Å². The molecule has 1 saturated heterocycles. The quantitative estimate of drug-likeness (QED) is 0.325. The molecule has 0 amide bonds. The maximum absolute atomic E-state index is 5.71. The lowest BCUT2D eigenvalue weighted by Crippen LogP contribution is -2.48. The minimum Gasteiger partial charge on any atom is -0.494 e. The van der Waals surface area contributed by atoms with Crippen molar-refractivity contribution in [3.63, 3.8) is 0 Å². The van der Waals surface area contributed by atoms with Crippen molar-refractivity contribution >= 4 is 46.3 Å². The summed E-state index contributed by atoms with van der Waals surface area (Å²) in [4.78, 5) is 7.27. The Kier molecular flexibility index (Phi) is 9.91. The summed E-state index contributed by atoms with van der Waals surface area (Å²) < 4.78 is 5.71. The lowest BCUT2D eigenvalue weighted by Gasteiger charge is -2.33. The third-order valence-electron chi connectivity index (χ3n) is 4.68. The molecule has 0 unspecified atom stereocenters. The van der Waals surface area contributed by atoms with Gasteiger partial charge in [0.05, 0.1) is 18.2 Å². The second kappa shape index (κ2) is 12.2. The van der Waals surface area contributed by atoms with Gasteiger partial charge in [-0.2, -0.15) is 0 Å². The molecular weight excluding hydrogens is 483 g/mol. The fraction of sp³-hybridized carbons (Fsp3) is 0.476. The number of nitrogens with one attached hydrogen (secondary N) is 2. The molecule has 2 heterocycles. The molecule has 3 rings (SSSR count). The molecule has 5 nitrogen and oxygen atoms in total. The Balaban J connectivity index is 0.00000280. The average molecular weight is 514 g/mol. The smallest absolute Gasteiger partial charge is 0.191 e. The van der Waals surface area contributed by atoms with Crippen molar-refractivity contribution in [1.82, 2.24) is 10.6 Å². The molecule has 0 saturated carbocycles. The Hall–Kier alpha value is -1.48. The number of aliphatic imine (C=N–C) groups is 1. The molecule has 0 radical (unpaired) electrons. The van der Waals surface area contributed by atoms with Crippen LogP contribution in [0, 0.1) is 0 Å². The molecule has 7 heteroatoms. The molecule has 0 bridgehead atoms. The fourth-order valence-electron chi connectivity index (χ4n) is 3.30. The number of nitrogens with zero attached hydrogens (tertiary/aromatic N) is 2. The highest BCUT2D eigenvalue weighted by molar-refractivity contribution is 14.0. The summed E-state index contributed by atoms with van der Waals surface area (Å²) in [6.07, 6.45) is 2.25. The maximum Gasteiger partial charge on any atom is 0.191 e. The van der Waals surface area contributed by atoms with Gasteiger partial charge in [0, 0.05) is 31.2 Å². The van der Waals surface area contributed by atoms with E-state index in [1.54, 1.807) is 0 Å². The molecule has 2 aromatic rings. The Morgan fingerprint density at radius 2 is 1.96 bits per heavy atom.